The Morgan fingerprint density at radius 2 is 1.96 bits per heavy atom. The first kappa shape index (κ1) is 17.0. The van der Waals surface area contributed by atoms with Crippen molar-refractivity contribution in [2.75, 3.05) is 11.9 Å². The maximum absolute atomic E-state index is 13.4. The molecule has 1 N–H and O–H groups in total. The number of halogens is 2. The Hall–Kier alpha value is -2.40. The van der Waals surface area contributed by atoms with Crippen molar-refractivity contribution in [3.8, 4) is 0 Å². The van der Waals surface area contributed by atoms with E-state index in [1.807, 2.05) is 6.92 Å². The molecule has 2 aromatic rings. The lowest BCUT2D eigenvalue weighted by Gasteiger charge is -2.09. The Balaban J connectivity index is 1.84. The molecule has 0 aliphatic heterocycles. The van der Waals surface area contributed by atoms with Crippen LogP contribution in [0.1, 0.15) is 11.1 Å². The van der Waals surface area contributed by atoms with Crippen LogP contribution in [-0.4, -0.2) is 18.5 Å². The van der Waals surface area contributed by atoms with Crippen LogP contribution in [0.4, 0.5) is 10.1 Å². The normalized spacial score (nSPS) is 10.2. The first-order valence-corrected chi connectivity index (χ1v) is 7.28. The Morgan fingerprint density at radius 1 is 1.22 bits per heavy atom. The summed E-state index contributed by atoms with van der Waals surface area (Å²) in [4.78, 5) is 23.4. The van der Waals surface area contributed by atoms with Gasteiger partial charge in [0.25, 0.3) is 5.91 Å². The minimum absolute atomic E-state index is 0.222. The number of hydrogen-bond acceptors (Lipinski definition) is 3. The van der Waals surface area contributed by atoms with Crippen molar-refractivity contribution in [3.05, 3.63) is 64.4 Å². The Labute approximate surface area is 138 Å². The van der Waals surface area contributed by atoms with E-state index < -0.39 is 24.3 Å². The maximum atomic E-state index is 13.4. The third-order valence-corrected chi connectivity index (χ3v) is 3.37. The van der Waals surface area contributed by atoms with Crippen LogP contribution in [0.5, 0.6) is 0 Å². The molecule has 23 heavy (non-hydrogen) atoms. The highest BCUT2D eigenvalue weighted by Gasteiger charge is 2.12. The second-order valence-electron chi connectivity index (χ2n) is 4.96. The predicted molar refractivity (Wildman–Crippen MR) is 85.9 cm³/mol. The van der Waals surface area contributed by atoms with Gasteiger partial charge < -0.3 is 10.1 Å². The van der Waals surface area contributed by atoms with Crippen molar-refractivity contribution in [3.63, 3.8) is 0 Å². The van der Waals surface area contributed by atoms with E-state index >= 15 is 0 Å². The molecule has 0 spiro atoms. The maximum Gasteiger partial charge on any atom is 0.310 e. The van der Waals surface area contributed by atoms with Crippen LogP contribution < -0.4 is 5.32 Å². The van der Waals surface area contributed by atoms with Crippen LogP contribution >= 0.6 is 11.6 Å². The number of nitrogens with one attached hydrogen (secondary N) is 1. The van der Waals surface area contributed by atoms with Crippen LogP contribution in [-0.2, 0) is 20.7 Å². The Morgan fingerprint density at radius 3 is 2.65 bits per heavy atom. The first-order valence-electron chi connectivity index (χ1n) is 6.91. The van der Waals surface area contributed by atoms with E-state index in [4.69, 9.17) is 16.3 Å². The van der Waals surface area contributed by atoms with Gasteiger partial charge in [0, 0.05) is 0 Å². The van der Waals surface area contributed by atoms with Crippen molar-refractivity contribution in [2.24, 2.45) is 0 Å². The number of amides is 1. The van der Waals surface area contributed by atoms with E-state index in [9.17, 15) is 14.0 Å². The summed E-state index contributed by atoms with van der Waals surface area (Å²) in [5.41, 5.74) is 1.62. The van der Waals surface area contributed by atoms with Gasteiger partial charge in [0.15, 0.2) is 6.61 Å². The fraction of sp³-hybridized carbons (Fsp3) is 0.176. The zero-order valence-corrected chi connectivity index (χ0v) is 13.2. The van der Waals surface area contributed by atoms with Gasteiger partial charge in [-0.1, -0.05) is 35.9 Å². The van der Waals surface area contributed by atoms with Crippen LogP contribution in [0.25, 0.3) is 0 Å². The van der Waals surface area contributed by atoms with Crippen molar-refractivity contribution in [1.29, 1.82) is 0 Å². The third-order valence-electron chi connectivity index (χ3n) is 3.06. The summed E-state index contributed by atoms with van der Waals surface area (Å²) in [6.45, 7) is 1.42. The molecule has 4 nitrogen and oxygen atoms in total. The van der Waals surface area contributed by atoms with Crippen LogP contribution in [0.2, 0.25) is 5.02 Å². The van der Waals surface area contributed by atoms with E-state index in [2.05, 4.69) is 5.32 Å². The molecule has 6 heteroatoms. The molecule has 0 unspecified atom stereocenters. The number of anilines is 1. The molecule has 0 aliphatic rings. The van der Waals surface area contributed by atoms with Crippen molar-refractivity contribution in [1.82, 2.24) is 0 Å². The highest BCUT2D eigenvalue weighted by molar-refractivity contribution is 6.33. The molecule has 0 heterocycles. The number of carbonyl (C=O) groups is 2. The molecule has 0 atom stereocenters. The summed E-state index contributed by atoms with van der Waals surface area (Å²) in [7, 11) is 0. The molecular formula is C17H15ClFNO3. The van der Waals surface area contributed by atoms with Crippen LogP contribution in [0.3, 0.4) is 0 Å². The molecule has 0 saturated heterocycles. The van der Waals surface area contributed by atoms with Gasteiger partial charge in [-0.25, -0.2) is 4.39 Å². The molecule has 0 aliphatic carbocycles. The summed E-state index contributed by atoms with van der Waals surface area (Å²) < 4.78 is 18.2. The van der Waals surface area contributed by atoms with Gasteiger partial charge in [-0.2, -0.15) is 0 Å². The number of esters is 1. The van der Waals surface area contributed by atoms with Gasteiger partial charge in [0.05, 0.1) is 17.1 Å². The third kappa shape index (κ3) is 5.07. The minimum Gasteiger partial charge on any atom is -0.455 e. The summed E-state index contributed by atoms with van der Waals surface area (Å²) >= 11 is 6.00. The SMILES string of the molecule is Cc1ccc(NC(=O)COC(=O)Cc2ccccc2F)c(Cl)c1. The molecule has 120 valence electrons. The van der Waals surface area contributed by atoms with E-state index in [0.29, 0.717) is 10.7 Å². The minimum atomic E-state index is -0.680. The van der Waals surface area contributed by atoms with E-state index in [1.54, 1.807) is 24.3 Å². The Kier molecular flexibility index (Phi) is 5.71. The largest absolute Gasteiger partial charge is 0.455 e. The van der Waals surface area contributed by atoms with Gasteiger partial charge >= 0.3 is 5.97 Å². The molecule has 2 aromatic carbocycles. The highest BCUT2D eigenvalue weighted by atomic mass is 35.5. The average Bonchev–Trinajstić information content (AvgIpc) is 2.50. The molecule has 0 fully saturated rings. The second-order valence-corrected chi connectivity index (χ2v) is 5.37. The molecule has 1 amide bonds. The molecular weight excluding hydrogens is 321 g/mol. The number of benzene rings is 2. The number of carbonyl (C=O) groups excluding carboxylic acids is 2. The number of hydrogen-bond donors (Lipinski definition) is 1. The Bertz CT molecular complexity index is 734. The summed E-state index contributed by atoms with van der Waals surface area (Å²) in [6, 6.07) is 11.1. The van der Waals surface area contributed by atoms with Gasteiger partial charge in [-0.15, -0.1) is 0 Å². The van der Waals surface area contributed by atoms with Gasteiger partial charge in [0.1, 0.15) is 5.82 Å². The summed E-state index contributed by atoms with van der Waals surface area (Å²) in [5, 5.41) is 2.94. The number of aryl methyl sites for hydroxylation is 1. The standard InChI is InChI=1S/C17H15ClFNO3/c1-11-6-7-15(13(18)8-11)20-16(21)10-23-17(22)9-12-4-2-3-5-14(12)19/h2-8H,9-10H2,1H3,(H,20,21). The van der Waals surface area contributed by atoms with E-state index in [0.717, 1.165) is 5.56 Å². The van der Waals surface area contributed by atoms with Crippen molar-refractivity contribution in [2.45, 2.75) is 13.3 Å². The van der Waals surface area contributed by atoms with Crippen molar-refractivity contribution < 1.29 is 18.7 Å². The highest BCUT2D eigenvalue weighted by Crippen LogP contribution is 2.22. The lowest BCUT2D eigenvalue weighted by Crippen LogP contribution is -2.22. The zero-order chi connectivity index (χ0) is 16.8. The van der Waals surface area contributed by atoms with E-state index in [-0.39, 0.29) is 12.0 Å². The molecule has 0 saturated carbocycles. The fourth-order valence-corrected chi connectivity index (χ4v) is 2.18. The topological polar surface area (TPSA) is 55.4 Å². The van der Waals surface area contributed by atoms with Gasteiger partial charge in [-0.05, 0) is 36.2 Å². The van der Waals surface area contributed by atoms with Crippen molar-refractivity contribution >= 4 is 29.2 Å². The molecule has 2 rings (SSSR count). The smallest absolute Gasteiger partial charge is 0.310 e. The molecule has 0 bridgehead atoms. The molecule has 0 aromatic heterocycles. The number of ether oxygens (including phenoxy) is 1. The average molecular weight is 336 g/mol. The fourth-order valence-electron chi connectivity index (χ4n) is 1.90. The van der Waals surface area contributed by atoms with E-state index in [1.165, 1.54) is 18.2 Å². The van der Waals surface area contributed by atoms with Crippen LogP contribution in [0.15, 0.2) is 42.5 Å². The number of rotatable bonds is 5. The zero-order valence-electron chi connectivity index (χ0n) is 12.4. The van der Waals surface area contributed by atoms with Gasteiger partial charge in [0.2, 0.25) is 0 Å². The monoisotopic (exact) mass is 335 g/mol. The second kappa shape index (κ2) is 7.74. The van der Waals surface area contributed by atoms with Crippen LogP contribution in [0, 0.1) is 12.7 Å². The quantitative estimate of drug-likeness (QED) is 0.851. The summed E-state index contributed by atoms with van der Waals surface area (Å²) in [5.74, 6) is -1.68. The predicted octanol–water partition coefficient (Wildman–Crippen LogP) is 3.51. The molecule has 0 radical (unpaired) electrons. The lowest BCUT2D eigenvalue weighted by molar-refractivity contribution is -0.146. The van der Waals surface area contributed by atoms with Gasteiger partial charge in [-0.3, -0.25) is 9.59 Å². The summed E-state index contributed by atoms with van der Waals surface area (Å²) in [6.07, 6.45) is -0.231. The lowest BCUT2D eigenvalue weighted by atomic mass is 10.1. The first-order chi connectivity index (χ1) is 11.0.